The highest BCUT2D eigenvalue weighted by atomic mass is 16.3. The molecule has 2 heterocycles. The molecule has 0 aliphatic carbocycles. The number of likely N-dealkylation sites (tertiary alicyclic amines) is 1. The number of nitrogens with one attached hydrogen (secondary N) is 2. The highest BCUT2D eigenvalue weighted by Crippen LogP contribution is 2.25. The zero-order valence-electron chi connectivity index (χ0n) is 13.0. The highest BCUT2D eigenvalue weighted by Gasteiger charge is 2.28. The number of nitrogens with zero attached hydrogens (tertiary/aromatic N) is 1. The molecule has 0 bridgehead atoms. The molecule has 22 heavy (non-hydrogen) atoms. The third-order valence-corrected chi connectivity index (χ3v) is 4.07. The quantitative estimate of drug-likeness (QED) is 0.744. The standard InChI is InChI=1S/C15H23N3O4/c1-9(2)7-12(19)10-3-5-18(6-4-10)14(21)11-8-13(20)17-15(22)16-11/h8-10,12,19H,3-7H2,1-2H3,(H2,16,17,20,22). The van der Waals surface area contributed by atoms with Gasteiger partial charge in [0.2, 0.25) is 0 Å². The monoisotopic (exact) mass is 309 g/mol. The van der Waals surface area contributed by atoms with E-state index in [1.54, 1.807) is 4.90 Å². The summed E-state index contributed by atoms with van der Waals surface area (Å²) in [4.78, 5) is 40.8. The summed E-state index contributed by atoms with van der Waals surface area (Å²) >= 11 is 0. The molecule has 0 aromatic carbocycles. The Kier molecular flexibility index (Phi) is 5.18. The van der Waals surface area contributed by atoms with E-state index in [0.29, 0.717) is 19.0 Å². The van der Waals surface area contributed by atoms with Crippen LogP contribution in [0.15, 0.2) is 15.7 Å². The lowest BCUT2D eigenvalue weighted by Crippen LogP contribution is -2.42. The Morgan fingerprint density at radius 1 is 1.32 bits per heavy atom. The number of amides is 1. The number of rotatable bonds is 4. The van der Waals surface area contributed by atoms with E-state index in [9.17, 15) is 19.5 Å². The van der Waals surface area contributed by atoms with Crippen LogP contribution in [-0.2, 0) is 0 Å². The summed E-state index contributed by atoms with van der Waals surface area (Å²) in [5.41, 5.74) is -1.26. The topological polar surface area (TPSA) is 106 Å². The number of hydrogen-bond donors (Lipinski definition) is 3. The van der Waals surface area contributed by atoms with Crippen molar-refractivity contribution in [1.29, 1.82) is 0 Å². The predicted molar refractivity (Wildman–Crippen MR) is 81.8 cm³/mol. The molecule has 1 atom stereocenters. The summed E-state index contributed by atoms with van der Waals surface area (Å²) in [6.07, 6.45) is 1.89. The van der Waals surface area contributed by atoms with Crippen molar-refractivity contribution >= 4 is 5.91 Å². The first-order valence-electron chi connectivity index (χ1n) is 7.68. The number of H-pyrrole nitrogens is 2. The molecule has 1 aliphatic heterocycles. The summed E-state index contributed by atoms with van der Waals surface area (Å²) in [7, 11) is 0. The van der Waals surface area contributed by atoms with Gasteiger partial charge in [0.25, 0.3) is 11.5 Å². The first-order valence-corrected chi connectivity index (χ1v) is 7.68. The maximum absolute atomic E-state index is 12.3. The molecule has 122 valence electrons. The van der Waals surface area contributed by atoms with Crippen LogP contribution in [0.4, 0.5) is 0 Å². The van der Waals surface area contributed by atoms with Gasteiger partial charge in [0.1, 0.15) is 5.69 Å². The van der Waals surface area contributed by atoms with Crippen LogP contribution in [-0.4, -0.2) is 45.1 Å². The molecule has 1 aromatic rings. The summed E-state index contributed by atoms with van der Waals surface area (Å²) < 4.78 is 0. The van der Waals surface area contributed by atoms with Gasteiger partial charge in [-0.15, -0.1) is 0 Å². The minimum absolute atomic E-state index is 0.00919. The van der Waals surface area contributed by atoms with Gasteiger partial charge in [-0.1, -0.05) is 13.8 Å². The van der Waals surface area contributed by atoms with E-state index < -0.39 is 11.2 Å². The van der Waals surface area contributed by atoms with Crippen LogP contribution in [0.2, 0.25) is 0 Å². The molecule has 0 saturated carbocycles. The number of aromatic amines is 2. The Morgan fingerprint density at radius 2 is 1.95 bits per heavy atom. The Bertz CT molecular complexity index is 598. The Hall–Kier alpha value is -1.89. The first kappa shape index (κ1) is 16.5. The fraction of sp³-hybridized carbons (Fsp3) is 0.667. The van der Waals surface area contributed by atoms with Crippen LogP contribution in [0.3, 0.4) is 0 Å². The first-order chi connectivity index (χ1) is 10.4. The van der Waals surface area contributed by atoms with Crippen LogP contribution in [0, 0.1) is 11.8 Å². The minimum Gasteiger partial charge on any atom is -0.393 e. The van der Waals surface area contributed by atoms with Gasteiger partial charge in [-0.3, -0.25) is 14.6 Å². The van der Waals surface area contributed by atoms with Gasteiger partial charge < -0.3 is 15.0 Å². The van der Waals surface area contributed by atoms with E-state index >= 15 is 0 Å². The number of piperidine rings is 1. The molecule has 7 heteroatoms. The lowest BCUT2D eigenvalue weighted by Gasteiger charge is -2.34. The molecule has 1 unspecified atom stereocenters. The van der Waals surface area contributed by atoms with Gasteiger partial charge in [-0.2, -0.15) is 0 Å². The molecule has 1 fully saturated rings. The van der Waals surface area contributed by atoms with Crippen molar-refractivity contribution in [3.63, 3.8) is 0 Å². The summed E-state index contributed by atoms with van der Waals surface area (Å²) in [6.45, 7) is 5.19. The molecule has 1 amide bonds. The molecule has 1 aromatic heterocycles. The van der Waals surface area contributed by atoms with Crippen LogP contribution in [0.1, 0.15) is 43.6 Å². The van der Waals surface area contributed by atoms with Crippen molar-refractivity contribution in [3.8, 4) is 0 Å². The molecule has 0 spiro atoms. The summed E-state index contributed by atoms with van der Waals surface area (Å²) in [6, 6.07) is 1.10. The normalized spacial score (nSPS) is 17.7. The molecule has 3 N–H and O–H groups in total. The van der Waals surface area contributed by atoms with Crippen molar-refractivity contribution in [2.24, 2.45) is 11.8 Å². The van der Waals surface area contributed by atoms with Crippen molar-refractivity contribution in [2.45, 2.75) is 39.2 Å². The Morgan fingerprint density at radius 3 is 2.50 bits per heavy atom. The van der Waals surface area contributed by atoms with Crippen molar-refractivity contribution in [3.05, 3.63) is 32.6 Å². The van der Waals surface area contributed by atoms with E-state index in [1.165, 1.54) is 0 Å². The second-order valence-electron chi connectivity index (χ2n) is 6.33. The SMILES string of the molecule is CC(C)CC(O)C1CCN(C(=O)c2cc(=O)[nH]c(=O)[nH]2)CC1. The van der Waals surface area contributed by atoms with E-state index in [1.807, 2.05) is 4.98 Å². The predicted octanol–water partition coefficient (Wildman–Crippen LogP) is 0.322. The zero-order valence-corrected chi connectivity index (χ0v) is 13.0. The maximum atomic E-state index is 12.3. The fourth-order valence-electron chi connectivity index (χ4n) is 2.92. The Balaban J connectivity index is 1.98. The maximum Gasteiger partial charge on any atom is 0.326 e. The Labute approximate surface area is 128 Å². The average molecular weight is 309 g/mol. The second kappa shape index (κ2) is 6.91. The largest absolute Gasteiger partial charge is 0.393 e. The van der Waals surface area contributed by atoms with Gasteiger partial charge in [-0.25, -0.2) is 4.79 Å². The lowest BCUT2D eigenvalue weighted by molar-refractivity contribution is 0.0382. The third kappa shape index (κ3) is 4.07. The number of aliphatic hydroxyl groups excluding tert-OH is 1. The van der Waals surface area contributed by atoms with Gasteiger partial charge in [-0.05, 0) is 31.1 Å². The van der Waals surface area contributed by atoms with Gasteiger partial charge in [0.05, 0.1) is 6.10 Å². The van der Waals surface area contributed by atoms with Crippen molar-refractivity contribution in [1.82, 2.24) is 14.9 Å². The van der Waals surface area contributed by atoms with Crippen LogP contribution in [0.25, 0.3) is 0 Å². The van der Waals surface area contributed by atoms with Gasteiger partial charge in [0, 0.05) is 19.2 Å². The summed E-state index contributed by atoms with van der Waals surface area (Å²) in [5, 5.41) is 10.2. The van der Waals surface area contributed by atoms with Crippen molar-refractivity contribution < 1.29 is 9.90 Å². The lowest BCUT2D eigenvalue weighted by atomic mass is 9.87. The minimum atomic E-state index is -0.682. The molecular weight excluding hydrogens is 286 g/mol. The van der Waals surface area contributed by atoms with Crippen LogP contribution >= 0.6 is 0 Å². The molecular formula is C15H23N3O4. The zero-order chi connectivity index (χ0) is 16.3. The van der Waals surface area contributed by atoms with Gasteiger partial charge in [0.15, 0.2) is 0 Å². The number of carbonyl (C=O) groups excluding carboxylic acids is 1. The average Bonchev–Trinajstić information content (AvgIpc) is 2.45. The van der Waals surface area contributed by atoms with Crippen LogP contribution < -0.4 is 11.2 Å². The number of aromatic nitrogens is 2. The number of aliphatic hydroxyl groups is 1. The highest BCUT2D eigenvalue weighted by molar-refractivity contribution is 5.92. The van der Waals surface area contributed by atoms with Crippen molar-refractivity contribution in [2.75, 3.05) is 13.1 Å². The van der Waals surface area contributed by atoms with Gasteiger partial charge >= 0.3 is 5.69 Å². The van der Waals surface area contributed by atoms with E-state index in [2.05, 4.69) is 18.8 Å². The fourth-order valence-corrected chi connectivity index (χ4v) is 2.92. The van der Waals surface area contributed by atoms with E-state index in [0.717, 1.165) is 25.3 Å². The summed E-state index contributed by atoms with van der Waals surface area (Å²) in [5.74, 6) is 0.292. The molecule has 2 rings (SSSR count). The smallest absolute Gasteiger partial charge is 0.326 e. The molecule has 0 radical (unpaired) electrons. The third-order valence-electron chi connectivity index (χ3n) is 4.07. The van der Waals surface area contributed by atoms with E-state index in [4.69, 9.17) is 0 Å². The van der Waals surface area contributed by atoms with Crippen LogP contribution in [0.5, 0.6) is 0 Å². The van der Waals surface area contributed by atoms with E-state index in [-0.39, 0.29) is 23.6 Å². The molecule has 7 nitrogen and oxygen atoms in total. The number of carbonyl (C=O) groups is 1. The molecule has 1 saturated heterocycles. The molecule has 1 aliphatic rings. The second-order valence-corrected chi connectivity index (χ2v) is 6.33. The number of hydrogen-bond acceptors (Lipinski definition) is 4.